The lowest BCUT2D eigenvalue weighted by Crippen LogP contribution is -2.31. The van der Waals surface area contributed by atoms with Gasteiger partial charge in [-0.05, 0) is 36.5 Å². The fraction of sp³-hybridized carbons (Fsp3) is 0.500. The topological polar surface area (TPSA) is 61.8 Å². The van der Waals surface area contributed by atoms with Crippen LogP contribution in [0.25, 0.3) is 0 Å². The molecule has 2 rings (SSSR count). The molecule has 0 aliphatic heterocycles. The van der Waals surface area contributed by atoms with Crippen LogP contribution in [0.2, 0.25) is 0 Å². The highest BCUT2D eigenvalue weighted by Gasteiger charge is 2.34. The Bertz CT molecular complexity index is 457. The van der Waals surface area contributed by atoms with Crippen LogP contribution in [0.4, 0.5) is 11.4 Å². The van der Waals surface area contributed by atoms with Gasteiger partial charge in [0.05, 0.1) is 23.0 Å². The Balaban J connectivity index is 2.21. The molecule has 1 aromatic carbocycles. The van der Waals surface area contributed by atoms with Crippen molar-refractivity contribution < 1.29 is 0 Å². The lowest BCUT2D eigenvalue weighted by atomic mass is 9.87. The van der Waals surface area contributed by atoms with E-state index < -0.39 is 0 Å². The maximum atomic E-state index is 8.90. The number of nitrogens with one attached hydrogen (secondary N) is 1. The summed E-state index contributed by atoms with van der Waals surface area (Å²) in [7, 11) is 0. The standard InChI is InChI=1S/C14H19N3/c1-14(2)7-3-4-13(14)17-12-8-10(9-15)5-6-11(12)16/h5-6,8,13,17H,3-4,7,16H2,1-2H3. The van der Waals surface area contributed by atoms with Crippen LogP contribution in [-0.2, 0) is 0 Å². The lowest BCUT2D eigenvalue weighted by molar-refractivity contribution is 0.350. The summed E-state index contributed by atoms with van der Waals surface area (Å²) in [6, 6.07) is 7.97. The summed E-state index contributed by atoms with van der Waals surface area (Å²) in [4.78, 5) is 0. The number of rotatable bonds is 2. The molecule has 0 bridgehead atoms. The van der Waals surface area contributed by atoms with Gasteiger partial charge in [0.1, 0.15) is 0 Å². The summed E-state index contributed by atoms with van der Waals surface area (Å²) in [5.41, 5.74) is 8.50. The van der Waals surface area contributed by atoms with Gasteiger partial charge in [0.25, 0.3) is 0 Å². The van der Waals surface area contributed by atoms with Crippen molar-refractivity contribution in [3.05, 3.63) is 23.8 Å². The van der Waals surface area contributed by atoms with Crippen molar-refractivity contribution in [2.24, 2.45) is 5.41 Å². The van der Waals surface area contributed by atoms with E-state index in [0.717, 1.165) is 5.69 Å². The molecule has 1 fully saturated rings. The molecule has 0 heterocycles. The molecule has 0 saturated heterocycles. The lowest BCUT2D eigenvalue weighted by Gasteiger charge is -2.29. The van der Waals surface area contributed by atoms with Crippen LogP contribution in [0, 0.1) is 16.7 Å². The number of nitriles is 1. The fourth-order valence-electron chi connectivity index (χ4n) is 2.53. The summed E-state index contributed by atoms with van der Waals surface area (Å²) < 4.78 is 0. The van der Waals surface area contributed by atoms with Gasteiger partial charge < -0.3 is 11.1 Å². The molecule has 17 heavy (non-hydrogen) atoms. The monoisotopic (exact) mass is 229 g/mol. The Morgan fingerprint density at radius 2 is 2.24 bits per heavy atom. The van der Waals surface area contributed by atoms with Crippen LogP contribution in [0.3, 0.4) is 0 Å². The molecule has 3 N–H and O–H groups in total. The average Bonchev–Trinajstić information content (AvgIpc) is 2.61. The maximum Gasteiger partial charge on any atom is 0.0992 e. The van der Waals surface area contributed by atoms with Gasteiger partial charge in [0.2, 0.25) is 0 Å². The fourth-order valence-corrected chi connectivity index (χ4v) is 2.53. The first-order valence-electron chi connectivity index (χ1n) is 6.09. The predicted octanol–water partition coefficient (Wildman–Crippen LogP) is 3.13. The number of anilines is 2. The Hall–Kier alpha value is -1.69. The van der Waals surface area contributed by atoms with Gasteiger partial charge in [-0.3, -0.25) is 0 Å². The molecular weight excluding hydrogens is 210 g/mol. The summed E-state index contributed by atoms with van der Waals surface area (Å²) >= 11 is 0. The highest BCUT2D eigenvalue weighted by molar-refractivity contribution is 5.68. The Kier molecular flexibility index (Phi) is 2.97. The summed E-state index contributed by atoms with van der Waals surface area (Å²) in [5.74, 6) is 0. The first-order valence-corrected chi connectivity index (χ1v) is 6.09. The second-order valence-electron chi connectivity index (χ2n) is 5.49. The van der Waals surface area contributed by atoms with E-state index in [1.807, 2.05) is 6.07 Å². The highest BCUT2D eigenvalue weighted by atomic mass is 15.0. The van der Waals surface area contributed by atoms with E-state index in [1.165, 1.54) is 19.3 Å². The van der Waals surface area contributed by atoms with E-state index in [1.54, 1.807) is 12.1 Å². The van der Waals surface area contributed by atoms with Crippen LogP contribution in [0.5, 0.6) is 0 Å². The Labute approximate surface area is 103 Å². The molecule has 3 heteroatoms. The molecule has 1 aliphatic carbocycles. The van der Waals surface area contributed by atoms with Crippen molar-refractivity contribution >= 4 is 11.4 Å². The van der Waals surface area contributed by atoms with Crippen LogP contribution in [-0.4, -0.2) is 6.04 Å². The van der Waals surface area contributed by atoms with E-state index in [-0.39, 0.29) is 0 Å². The van der Waals surface area contributed by atoms with Crippen molar-refractivity contribution in [1.82, 2.24) is 0 Å². The van der Waals surface area contributed by atoms with Crippen molar-refractivity contribution in [2.45, 2.75) is 39.2 Å². The minimum atomic E-state index is 0.301. The maximum absolute atomic E-state index is 8.90. The third-order valence-electron chi connectivity index (χ3n) is 3.77. The van der Waals surface area contributed by atoms with E-state index in [4.69, 9.17) is 11.0 Å². The average molecular weight is 229 g/mol. The number of benzene rings is 1. The summed E-state index contributed by atoms with van der Waals surface area (Å²) in [5, 5.41) is 12.4. The molecule has 1 unspecified atom stereocenters. The molecule has 0 aromatic heterocycles. The second kappa shape index (κ2) is 4.29. The smallest absolute Gasteiger partial charge is 0.0992 e. The summed E-state index contributed by atoms with van der Waals surface area (Å²) in [6.45, 7) is 4.56. The van der Waals surface area contributed by atoms with Gasteiger partial charge in [0.15, 0.2) is 0 Å². The van der Waals surface area contributed by atoms with Crippen LogP contribution in [0.1, 0.15) is 38.7 Å². The SMILES string of the molecule is CC1(C)CCCC1Nc1cc(C#N)ccc1N. The van der Waals surface area contributed by atoms with E-state index in [2.05, 4.69) is 25.2 Å². The van der Waals surface area contributed by atoms with Crippen molar-refractivity contribution in [3.8, 4) is 6.07 Å². The normalized spacial score (nSPS) is 22.1. The molecule has 0 spiro atoms. The van der Waals surface area contributed by atoms with Gasteiger partial charge >= 0.3 is 0 Å². The molecule has 1 saturated carbocycles. The molecule has 1 aromatic rings. The van der Waals surface area contributed by atoms with E-state index >= 15 is 0 Å². The van der Waals surface area contributed by atoms with E-state index in [9.17, 15) is 0 Å². The number of nitrogens with two attached hydrogens (primary N) is 1. The van der Waals surface area contributed by atoms with Crippen LogP contribution >= 0.6 is 0 Å². The first kappa shape index (κ1) is 11.8. The third kappa shape index (κ3) is 2.36. The zero-order valence-electron chi connectivity index (χ0n) is 10.5. The third-order valence-corrected chi connectivity index (χ3v) is 3.77. The molecule has 1 atom stereocenters. The zero-order chi connectivity index (χ0) is 12.5. The van der Waals surface area contributed by atoms with Gasteiger partial charge in [-0.1, -0.05) is 20.3 Å². The van der Waals surface area contributed by atoms with E-state index in [0.29, 0.717) is 22.7 Å². The minimum Gasteiger partial charge on any atom is -0.397 e. The number of hydrogen-bond acceptors (Lipinski definition) is 3. The zero-order valence-corrected chi connectivity index (χ0v) is 10.5. The molecule has 1 aliphatic rings. The van der Waals surface area contributed by atoms with Gasteiger partial charge in [0, 0.05) is 6.04 Å². The van der Waals surface area contributed by atoms with Crippen LogP contribution in [0.15, 0.2) is 18.2 Å². The van der Waals surface area contributed by atoms with Crippen LogP contribution < -0.4 is 11.1 Å². The van der Waals surface area contributed by atoms with Gasteiger partial charge in [-0.2, -0.15) is 5.26 Å². The number of nitrogens with zero attached hydrogens (tertiary/aromatic N) is 1. The summed E-state index contributed by atoms with van der Waals surface area (Å²) in [6.07, 6.45) is 3.66. The Morgan fingerprint density at radius 1 is 1.47 bits per heavy atom. The Morgan fingerprint density at radius 3 is 2.82 bits per heavy atom. The number of nitrogen functional groups attached to an aromatic ring is 1. The highest BCUT2D eigenvalue weighted by Crippen LogP contribution is 2.39. The second-order valence-corrected chi connectivity index (χ2v) is 5.49. The van der Waals surface area contributed by atoms with Gasteiger partial charge in [-0.25, -0.2) is 0 Å². The molecule has 0 radical (unpaired) electrons. The molecule has 90 valence electrons. The van der Waals surface area contributed by atoms with Crippen molar-refractivity contribution in [2.75, 3.05) is 11.1 Å². The molecular formula is C14H19N3. The van der Waals surface area contributed by atoms with Gasteiger partial charge in [-0.15, -0.1) is 0 Å². The molecule has 0 amide bonds. The first-order chi connectivity index (χ1) is 8.03. The number of hydrogen-bond donors (Lipinski definition) is 2. The largest absolute Gasteiger partial charge is 0.397 e. The van der Waals surface area contributed by atoms with Crippen molar-refractivity contribution in [3.63, 3.8) is 0 Å². The molecule has 3 nitrogen and oxygen atoms in total. The minimum absolute atomic E-state index is 0.301. The quantitative estimate of drug-likeness (QED) is 0.766. The van der Waals surface area contributed by atoms with Crippen molar-refractivity contribution in [1.29, 1.82) is 5.26 Å². The predicted molar refractivity (Wildman–Crippen MR) is 70.6 cm³/mol.